The van der Waals surface area contributed by atoms with Gasteiger partial charge in [-0.1, -0.05) is 72.4 Å². The van der Waals surface area contributed by atoms with Crippen LogP contribution in [0.25, 0.3) is 10.7 Å². The van der Waals surface area contributed by atoms with Gasteiger partial charge in [0.15, 0.2) is 11.0 Å². The SMILES string of the molecule is O=C(CSc1nnc(-c2cccs2)n1Cc1ccccc1)NC1CCCc2ccccc21. The average Bonchev–Trinajstić information content (AvgIpc) is 3.49. The molecule has 0 saturated heterocycles. The molecule has 0 bridgehead atoms. The van der Waals surface area contributed by atoms with Crippen LogP contribution in [-0.4, -0.2) is 26.4 Å². The molecule has 2 aromatic carbocycles. The first kappa shape index (κ1) is 21.0. The van der Waals surface area contributed by atoms with Crippen LogP contribution in [0.2, 0.25) is 0 Å². The van der Waals surface area contributed by atoms with E-state index in [0.717, 1.165) is 35.1 Å². The molecule has 1 amide bonds. The molecule has 5 nitrogen and oxygen atoms in total. The number of thioether (sulfide) groups is 1. The van der Waals surface area contributed by atoms with Crippen LogP contribution in [0.4, 0.5) is 0 Å². The summed E-state index contributed by atoms with van der Waals surface area (Å²) in [6, 6.07) is 22.9. The highest BCUT2D eigenvalue weighted by atomic mass is 32.2. The highest BCUT2D eigenvalue weighted by molar-refractivity contribution is 7.99. The van der Waals surface area contributed by atoms with Gasteiger partial charge in [0.25, 0.3) is 0 Å². The number of aromatic nitrogens is 3. The molecule has 5 rings (SSSR count). The fourth-order valence-corrected chi connectivity index (χ4v) is 5.63. The quantitative estimate of drug-likeness (QED) is 0.378. The number of nitrogens with zero attached hydrogens (tertiary/aromatic N) is 3. The molecule has 0 radical (unpaired) electrons. The topological polar surface area (TPSA) is 59.8 Å². The highest BCUT2D eigenvalue weighted by Gasteiger charge is 2.22. The second-order valence-corrected chi connectivity index (χ2v) is 9.75. The van der Waals surface area contributed by atoms with E-state index >= 15 is 0 Å². The maximum absolute atomic E-state index is 12.8. The van der Waals surface area contributed by atoms with Crippen molar-refractivity contribution in [2.45, 2.75) is 37.0 Å². The lowest BCUT2D eigenvalue weighted by atomic mass is 9.88. The Labute approximate surface area is 195 Å². The van der Waals surface area contributed by atoms with Gasteiger partial charge in [-0.2, -0.15) is 0 Å². The van der Waals surface area contributed by atoms with Crippen molar-refractivity contribution in [1.82, 2.24) is 20.1 Å². The van der Waals surface area contributed by atoms with E-state index < -0.39 is 0 Å². The smallest absolute Gasteiger partial charge is 0.230 e. The third-order valence-electron chi connectivity index (χ3n) is 5.68. The number of carbonyl (C=O) groups is 1. The van der Waals surface area contributed by atoms with Crippen LogP contribution in [0.5, 0.6) is 0 Å². The van der Waals surface area contributed by atoms with Crippen molar-refractivity contribution in [2.75, 3.05) is 5.75 Å². The van der Waals surface area contributed by atoms with Gasteiger partial charge in [-0.3, -0.25) is 9.36 Å². The van der Waals surface area contributed by atoms with Gasteiger partial charge in [-0.05, 0) is 47.4 Å². The van der Waals surface area contributed by atoms with Gasteiger partial charge in [0.2, 0.25) is 5.91 Å². The Balaban J connectivity index is 1.31. The summed E-state index contributed by atoms with van der Waals surface area (Å²) in [5.74, 6) is 1.19. The summed E-state index contributed by atoms with van der Waals surface area (Å²) < 4.78 is 2.11. The second kappa shape index (κ2) is 9.71. The average molecular weight is 461 g/mol. The number of hydrogen-bond acceptors (Lipinski definition) is 5. The van der Waals surface area contributed by atoms with Crippen LogP contribution < -0.4 is 5.32 Å². The number of fused-ring (bicyclic) bond motifs is 1. The normalized spacial score (nSPS) is 15.3. The standard InChI is InChI=1S/C25H24N4OS2/c30-23(26-21-13-6-11-19-10-4-5-12-20(19)21)17-32-25-28-27-24(22-14-7-15-31-22)29(25)16-18-8-2-1-3-9-18/h1-5,7-10,12,14-15,21H,6,11,13,16-17H2,(H,26,30). The number of carbonyl (C=O) groups excluding carboxylic acids is 1. The first-order valence-corrected chi connectivity index (χ1v) is 12.7. The minimum absolute atomic E-state index is 0.0311. The summed E-state index contributed by atoms with van der Waals surface area (Å²) in [7, 11) is 0. The fourth-order valence-electron chi connectivity index (χ4n) is 4.16. The van der Waals surface area contributed by atoms with Crippen molar-refractivity contribution in [3.63, 3.8) is 0 Å². The third-order valence-corrected chi connectivity index (χ3v) is 7.51. The third kappa shape index (κ3) is 4.64. The number of amides is 1. The largest absolute Gasteiger partial charge is 0.349 e. The number of thiophene rings is 1. The zero-order valence-corrected chi connectivity index (χ0v) is 19.2. The van der Waals surface area contributed by atoms with Crippen LogP contribution in [0, 0.1) is 0 Å². The Hall–Kier alpha value is -2.90. The Morgan fingerprint density at radius 3 is 2.75 bits per heavy atom. The highest BCUT2D eigenvalue weighted by Crippen LogP contribution is 2.30. The second-order valence-electron chi connectivity index (χ2n) is 7.86. The van der Waals surface area contributed by atoms with Crippen molar-refractivity contribution >= 4 is 29.0 Å². The van der Waals surface area contributed by atoms with Gasteiger partial charge >= 0.3 is 0 Å². The molecule has 0 fully saturated rings. The van der Waals surface area contributed by atoms with E-state index in [4.69, 9.17) is 0 Å². The number of aryl methyl sites for hydroxylation is 1. The van der Waals surface area contributed by atoms with Crippen molar-refractivity contribution in [1.29, 1.82) is 0 Å². The van der Waals surface area contributed by atoms with E-state index in [9.17, 15) is 4.79 Å². The van der Waals surface area contributed by atoms with Gasteiger partial charge in [0.1, 0.15) is 0 Å². The molecule has 2 aromatic heterocycles. The predicted octanol–water partition coefficient (Wildman–Crippen LogP) is 5.34. The van der Waals surface area contributed by atoms with Gasteiger partial charge in [0, 0.05) is 0 Å². The van der Waals surface area contributed by atoms with Gasteiger partial charge in [-0.15, -0.1) is 21.5 Å². The number of hydrogen-bond donors (Lipinski definition) is 1. The maximum Gasteiger partial charge on any atom is 0.230 e. The lowest BCUT2D eigenvalue weighted by molar-refractivity contribution is -0.119. The Morgan fingerprint density at radius 2 is 1.91 bits per heavy atom. The van der Waals surface area contributed by atoms with Crippen LogP contribution >= 0.6 is 23.1 Å². The van der Waals surface area contributed by atoms with E-state index in [1.165, 1.54) is 28.5 Å². The predicted molar refractivity (Wildman–Crippen MR) is 130 cm³/mol. The van der Waals surface area contributed by atoms with Gasteiger partial charge < -0.3 is 5.32 Å². The Bertz CT molecular complexity index is 1190. The molecule has 1 atom stereocenters. The number of rotatable bonds is 7. The van der Waals surface area contributed by atoms with Crippen LogP contribution in [0.15, 0.2) is 77.3 Å². The van der Waals surface area contributed by atoms with E-state index in [-0.39, 0.29) is 11.9 Å². The molecular formula is C25H24N4OS2. The van der Waals surface area contributed by atoms with E-state index in [1.807, 2.05) is 29.6 Å². The molecule has 0 aliphatic heterocycles. The summed E-state index contributed by atoms with van der Waals surface area (Å²) in [4.78, 5) is 13.9. The summed E-state index contributed by atoms with van der Waals surface area (Å²) in [5.41, 5.74) is 3.78. The monoisotopic (exact) mass is 460 g/mol. The first-order valence-electron chi connectivity index (χ1n) is 10.8. The Morgan fingerprint density at radius 1 is 1.06 bits per heavy atom. The number of benzene rings is 2. The maximum atomic E-state index is 12.8. The molecule has 162 valence electrons. The fraction of sp³-hybridized carbons (Fsp3) is 0.240. The van der Waals surface area contributed by atoms with Crippen molar-refractivity contribution in [3.8, 4) is 10.7 Å². The summed E-state index contributed by atoms with van der Waals surface area (Å²) >= 11 is 3.09. The van der Waals surface area contributed by atoms with Crippen molar-refractivity contribution < 1.29 is 4.79 Å². The molecule has 1 aliphatic carbocycles. The molecular weight excluding hydrogens is 436 g/mol. The van der Waals surface area contributed by atoms with Crippen LogP contribution in [0.1, 0.15) is 35.6 Å². The minimum Gasteiger partial charge on any atom is -0.349 e. The lowest BCUT2D eigenvalue weighted by Crippen LogP contribution is -2.32. The van der Waals surface area contributed by atoms with Crippen LogP contribution in [0.3, 0.4) is 0 Å². The van der Waals surface area contributed by atoms with Crippen LogP contribution in [-0.2, 0) is 17.8 Å². The van der Waals surface area contributed by atoms with E-state index in [0.29, 0.717) is 12.3 Å². The molecule has 32 heavy (non-hydrogen) atoms. The van der Waals surface area contributed by atoms with Crippen molar-refractivity contribution in [3.05, 3.63) is 88.8 Å². The summed E-state index contributed by atoms with van der Waals surface area (Å²) in [6.07, 6.45) is 3.18. The van der Waals surface area contributed by atoms with Gasteiger partial charge in [-0.25, -0.2) is 0 Å². The lowest BCUT2D eigenvalue weighted by Gasteiger charge is -2.26. The zero-order chi connectivity index (χ0) is 21.8. The van der Waals surface area contributed by atoms with E-state index in [2.05, 4.69) is 62.5 Å². The molecule has 0 saturated carbocycles. The Kier molecular flexibility index (Phi) is 6.36. The molecule has 7 heteroatoms. The number of nitrogens with one attached hydrogen (secondary N) is 1. The molecule has 2 heterocycles. The van der Waals surface area contributed by atoms with Gasteiger partial charge in [0.05, 0.1) is 23.2 Å². The molecule has 1 aliphatic rings. The summed E-state index contributed by atoms with van der Waals surface area (Å²) in [5, 5.41) is 14.9. The molecule has 1 unspecified atom stereocenters. The molecule has 4 aromatic rings. The zero-order valence-electron chi connectivity index (χ0n) is 17.6. The summed E-state index contributed by atoms with van der Waals surface area (Å²) in [6.45, 7) is 0.668. The minimum atomic E-state index is 0.0311. The van der Waals surface area contributed by atoms with Crippen molar-refractivity contribution in [2.24, 2.45) is 0 Å². The molecule has 1 N–H and O–H groups in total. The first-order chi connectivity index (χ1) is 15.8. The van der Waals surface area contributed by atoms with E-state index in [1.54, 1.807) is 11.3 Å². The molecule has 0 spiro atoms.